The Labute approximate surface area is 439 Å². The fraction of sp³-hybridized carbons (Fsp3) is 0. The number of aromatic nitrogens is 4. The third-order valence-corrected chi connectivity index (χ3v) is 15.4. The Morgan fingerprint density at radius 2 is 0.355 bits per heavy atom. The van der Waals surface area contributed by atoms with Crippen molar-refractivity contribution in [3.05, 3.63) is 291 Å². The lowest BCUT2D eigenvalue weighted by molar-refractivity contribution is 1.17. The van der Waals surface area contributed by atoms with E-state index in [0.717, 1.165) is 0 Å². The van der Waals surface area contributed by atoms with Gasteiger partial charge in [-0.05, 0) is 119 Å². The van der Waals surface area contributed by atoms with Gasteiger partial charge in [-0.15, -0.1) is 0 Å². The summed E-state index contributed by atoms with van der Waals surface area (Å²) in [5.74, 6) is 0. The third-order valence-electron chi connectivity index (χ3n) is 15.4. The molecule has 16 aromatic rings. The highest BCUT2D eigenvalue weighted by molar-refractivity contribution is 6.12. The van der Waals surface area contributed by atoms with E-state index in [9.17, 15) is 0 Å². The van der Waals surface area contributed by atoms with Crippen molar-refractivity contribution >= 4 is 87.2 Å². The molecular formula is C72H48N4. The SMILES string of the molecule is c1cc(-c2cccc(-n3c4ccccc4c4ccccc43)c2)cc(-n2c3ccccc3c3ccccc32)c1.c1ccc2c(c1)c1ccccc1n2-c1ccc(-c2ccc(-n3c4ccccc4c4ccccc43)cc2)cc1. The molecule has 0 N–H and O–H groups in total. The summed E-state index contributed by atoms with van der Waals surface area (Å²) in [6, 6.07) is 105. The highest BCUT2D eigenvalue weighted by atomic mass is 15.0. The van der Waals surface area contributed by atoms with E-state index >= 15 is 0 Å². The van der Waals surface area contributed by atoms with Crippen LogP contribution in [0.15, 0.2) is 291 Å². The lowest BCUT2D eigenvalue weighted by Crippen LogP contribution is -1.95. The number of hydrogen-bond acceptors (Lipinski definition) is 0. The van der Waals surface area contributed by atoms with Gasteiger partial charge in [0.2, 0.25) is 0 Å². The predicted octanol–water partition coefficient (Wildman–Crippen LogP) is 19.1. The maximum Gasteiger partial charge on any atom is 0.0541 e. The number of benzene rings is 12. The molecule has 76 heavy (non-hydrogen) atoms. The topological polar surface area (TPSA) is 19.7 Å². The van der Waals surface area contributed by atoms with Crippen LogP contribution in [-0.2, 0) is 0 Å². The van der Waals surface area contributed by atoms with E-state index in [0.29, 0.717) is 0 Å². The van der Waals surface area contributed by atoms with Crippen molar-refractivity contribution in [2.75, 3.05) is 0 Å². The largest absolute Gasteiger partial charge is 0.309 e. The molecule has 0 atom stereocenters. The van der Waals surface area contributed by atoms with Gasteiger partial charge in [-0.2, -0.15) is 0 Å². The zero-order valence-corrected chi connectivity index (χ0v) is 41.5. The smallest absolute Gasteiger partial charge is 0.0541 e. The minimum atomic E-state index is 1.17. The molecule has 4 heterocycles. The second-order valence-electron chi connectivity index (χ2n) is 19.7. The molecule has 4 aromatic heterocycles. The van der Waals surface area contributed by atoms with Crippen LogP contribution >= 0.6 is 0 Å². The highest BCUT2D eigenvalue weighted by Gasteiger charge is 2.17. The van der Waals surface area contributed by atoms with E-state index in [-0.39, 0.29) is 0 Å². The van der Waals surface area contributed by atoms with Crippen molar-refractivity contribution < 1.29 is 0 Å². The van der Waals surface area contributed by atoms with Crippen molar-refractivity contribution in [3.63, 3.8) is 0 Å². The van der Waals surface area contributed by atoms with Gasteiger partial charge in [-0.25, -0.2) is 0 Å². The van der Waals surface area contributed by atoms with Gasteiger partial charge >= 0.3 is 0 Å². The summed E-state index contributed by atoms with van der Waals surface area (Å²) in [4.78, 5) is 0. The Kier molecular flexibility index (Phi) is 10.2. The minimum absolute atomic E-state index is 1.17. The molecule has 0 aliphatic rings. The van der Waals surface area contributed by atoms with Crippen LogP contribution in [-0.4, -0.2) is 18.3 Å². The molecule has 356 valence electrons. The molecule has 0 unspecified atom stereocenters. The van der Waals surface area contributed by atoms with Crippen LogP contribution in [0.1, 0.15) is 0 Å². The molecule has 0 amide bonds. The maximum absolute atomic E-state index is 2.38. The van der Waals surface area contributed by atoms with E-state index in [1.807, 2.05) is 0 Å². The second kappa shape index (κ2) is 17.8. The summed E-state index contributed by atoms with van der Waals surface area (Å²) < 4.78 is 9.48. The van der Waals surface area contributed by atoms with Gasteiger partial charge in [-0.1, -0.05) is 194 Å². The van der Waals surface area contributed by atoms with E-state index in [4.69, 9.17) is 0 Å². The minimum Gasteiger partial charge on any atom is -0.309 e. The molecule has 4 nitrogen and oxygen atoms in total. The van der Waals surface area contributed by atoms with Crippen LogP contribution in [0, 0.1) is 0 Å². The van der Waals surface area contributed by atoms with E-state index in [1.54, 1.807) is 0 Å². The Hall–Kier alpha value is -10.2. The first-order valence-corrected chi connectivity index (χ1v) is 26.1. The summed E-state index contributed by atoms with van der Waals surface area (Å²) in [6.07, 6.45) is 0. The molecule has 0 saturated carbocycles. The van der Waals surface area contributed by atoms with Crippen LogP contribution in [0.5, 0.6) is 0 Å². The molecule has 4 heteroatoms. The molecular weight excluding hydrogens is 921 g/mol. The van der Waals surface area contributed by atoms with Gasteiger partial charge < -0.3 is 18.3 Å². The molecule has 0 spiro atoms. The molecule has 12 aromatic carbocycles. The first-order valence-electron chi connectivity index (χ1n) is 26.1. The summed E-state index contributed by atoms with van der Waals surface area (Å²) >= 11 is 0. The number of rotatable bonds is 6. The lowest BCUT2D eigenvalue weighted by atomic mass is 10.0. The van der Waals surface area contributed by atoms with Gasteiger partial charge in [0.05, 0.1) is 44.1 Å². The Morgan fingerprint density at radius 3 is 0.592 bits per heavy atom. The van der Waals surface area contributed by atoms with Gasteiger partial charge in [0, 0.05) is 65.8 Å². The van der Waals surface area contributed by atoms with Crippen molar-refractivity contribution in [2.45, 2.75) is 0 Å². The van der Waals surface area contributed by atoms with E-state index in [1.165, 1.54) is 132 Å². The standard InChI is InChI=1S/2C36H24N2/c1-5-19-33-29(15-1)30-16-2-6-20-34(30)37(33)27-13-9-11-25(23-27)26-12-10-14-28(24-26)38-35-21-7-3-17-31(35)32-18-4-8-22-36(32)38;1-5-13-33-29(9-1)30-10-2-6-14-34(30)37(33)27-21-17-25(18-22-27)26-19-23-28(24-20-26)38-35-15-7-3-11-31(35)32-12-4-8-16-36(32)38/h2*1-24H. The lowest BCUT2D eigenvalue weighted by Gasteiger charge is -2.12. The quantitative estimate of drug-likeness (QED) is 0.158. The molecule has 0 aliphatic heterocycles. The van der Waals surface area contributed by atoms with Crippen LogP contribution in [0.4, 0.5) is 0 Å². The van der Waals surface area contributed by atoms with Crippen molar-refractivity contribution in [1.82, 2.24) is 18.3 Å². The van der Waals surface area contributed by atoms with Crippen molar-refractivity contribution in [3.8, 4) is 45.0 Å². The normalized spacial score (nSPS) is 11.7. The summed E-state index contributed by atoms with van der Waals surface area (Å²) in [7, 11) is 0. The van der Waals surface area contributed by atoms with Gasteiger partial charge in [0.1, 0.15) is 0 Å². The molecule has 0 bridgehead atoms. The van der Waals surface area contributed by atoms with Gasteiger partial charge in [-0.3, -0.25) is 0 Å². The molecule has 16 rings (SSSR count). The van der Waals surface area contributed by atoms with Crippen LogP contribution in [0.3, 0.4) is 0 Å². The van der Waals surface area contributed by atoms with Crippen LogP contribution in [0.25, 0.3) is 132 Å². The van der Waals surface area contributed by atoms with Crippen LogP contribution in [0.2, 0.25) is 0 Å². The molecule has 0 fully saturated rings. The summed E-state index contributed by atoms with van der Waals surface area (Å²) in [5, 5.41) is 10.3. The highest BCUT2D eigenvalue weighted by Crippen LogP contribution is 2.38. The number of hydrogen-bond donors (Lipinski definition) is 0. The monoisotopic (exact) mass is 968 g/mol. The fourth-order valence-corrected chi connectivity index (χ4v) is 12.1. The third kappa shape index (κ3) is 7.00. The zero-order chi connectivity index (χ0) is 50.1. The second-order valence-corrected chi connectivity index (χ2v) is 19.7. The first kappa shape index (κ1) is 43.4. The Balaban J connectivity index is 0.000000133. The van der Waals surface area contributed by atoms with E-state index in [2.05, 4.69) is 309 Å². The van der Waals surface area contributed by atoms with Crippen molar-refractivity contribution in [1.29, 1.82) is 0 Å². The molecule has 0 radical (unpaired) electrons. The first-order chi connectivity index (χ1) is 37.7. The molecule has 0 saturated heterocycles. The summed E-state index contributed by atoms with van der Waals surface area (Å²) in [5.41, 5.74) is 19.4. The Bertz CT molecular complexity index is 4340. The average molecular weight is 969 g/mol. The number of nitrogens with zero attached hydrogens (tertiary/aromatic N) is 4. The van der Waals surface area contributed by atoms with Crippen LogP contribution < -0.4 is 0 Å². The fourth-order valence-electron chi connectivity index (χ4n) is 12.1. The van der Waals surface area contributed by atoms with Gasteiger partial charge in [0.25, 0.3) is 0 Å². The predicted molar refractivity (Wildman–Crippen MR) is 321 cm³/mol. The maximum atomic E-state index is 2.38. The number of fused-ring (bicyclic) bond motifs is 12. The Morgan fingerprint density at radius 1 is 0.145 bits per heavy atom. The number of para-hydroxylation sites is 8. The average Bonchev–Trinajstić information content (AvgIpc) is 4.29. The van der Waals surface area contributed by atoms with Gasteiger partial charge in [0.15, 0.2) is 0 Å². The van der Waals surface area contributed by atoms with E-state index < -0.39 is 0 Å². The molecule has 0 aliphatic carbocycles. The summed E-state index contributed by atoms with van der Waals surface area (Å²) in [6.45, 7) is 0. The van der Waals surface area contributed by atoms with Crippen molar-refractivity contribution in [2.24, 2.45) is 0 Å². The zero-order valence-electron chi connectivity index (χ0n) is 41.5.